The van der Waals surface area contributed by atoms with Gasteiger partial charge in [-0.25, -0.2) is 12.8 Å². The molecule has 2 unspecified atom stereocenters. The Kier molecular flexibility index (Phi) is 8.58. The van der Waals surface area contributed by atoms with Crippen LogP contribution in [0.5, 0.6) is 0 Å². The first-order valence-corrected chi connectivity index (χ1v) is 16.9. The van der Waals surface area contributed by atoms with Crippen LogP contribution in [0.15, 0.2) is 47.4 Å². The highest BCUT2D eigenvalue weighted by Crippen LogP contribution is 2.57. The van der Waals surface area contributed by atoms with E-state index in [-0.39, 0.29) is 73.4 Å². The smallest absolute Gasteiger partial charge is 0.435 e. The van der Waals surface area contributed by atoms with Crippen LogP contribution in [0, 0.1) is 11.8 Å². The molecular formula is C33H36F7NO5S. The Labute approximate surface area is 268 Å². The summed E-state index contributed by atoms with van der Waals surface area (Å²) in [6.45, 7) is 5.56. The first kappa shape index (κ1) is 35.2. The third-order valence-corrected chi connectivity index (χ3v) is 12.8. The van der Waals surface area contributed by atoms with Crippen molar-refractivity contribution in [1.82, 2.24) is 4.90 Å². The minimum Gasteiger partial charge on any atom is -0.481 e. The van der Waals surface area contributed by atoms with E-state index in [2.05, 4.69) is 0 Å². The van der Waals surface area contributed by atoms with Crippen molar-refractivity contribution < 1.29 is 53.8 Å². The molecule has 1 aliphatic heterocycles. The van der Waals surface area contributed by atoms with Crippen LogP contribution in [0.3, 0.4) is 0 Å². The van der Waals surface area contributed by atoms with Gasteiger partial charge in [-0.2, -0.15) is 26.3 Å². The van der Waals surface area contributed by atoms with E-state index in [9.17, 15) is 49.5 Å². The highest BCUT2D eigenvalue weighted by atomic mass is 32.2. The number of aliphatic carboxylic acids is 1. The van der Waals surface area contributed by atoms with E-state index < -0.39 is 67.4 Å². The number of hydrogen-bond donors (Lipinski definition) is 1. The van der Waals surface area contributed by atoms with Crippen molar-refractivity contribution in [3.8, 4) is 0 Å². The number of carbonyl (C=O) groups is 2. The number of fused-ring (bicyclic) bond motifs is 3. The number of carboxylic acids is 1. The Bertz CT molecular complexity index is 1660. The maximum atomic E-state index is 15.1. The van der Waals surface area contributed by atoms with Gasteiger partial charge in [-0.15, -0.1) is 0 Å². The van der Waals surface area contributed by atoms with E-state index in [4.69, 9.17) is 0 Å². The summed E-state index contributed by atoms with van der Waals surface area (Å²) in [7, 11) is -4.49. The van der Waals surface area contributed by atoms with Gasteiger partial charge >= 0.3 is 24.0 Å². The fourth-order valence-corrected chi connectivity index (χ4v) is 10.1. The van der Waals surface area contributed by atoms with Crippen molar-refractivity contribution in [1.29, 1.82) is 0 Å². The normalized spacial score (nSPS) is 25.7. The summed E-state index contributed by atoms with van der Waals surface area (Å²) >= 11 is 0. The van der Waals surface area contributed by atoms with Gasteiger partial charge in [0.25, 0.3) is 0 Å². The van der Waals surface area contributed by atoms with Crippen LogP contribution >= 0.6 is 0 Å². The van der Waals surface area contributed by atoms with E-state index in [1.807, 2.05) is 20.8 Å². The van der Waals surface area contributed by atoms with E-state index >= 15 is 4.39 Å². The van der Waals surface area contributed by atoms with Crippen LogP contribution in [0.2, 0.25) is 0 Å². The minimum atomic E-state index is -6.34. The summed E-state index contributed by atoms with van der Waals surface area (Å²) in [5.74, 6) is -2.49. The highest BCUT2D eigenvalue weighted by Gasteiger charge is 2.74. The van der Waals surface area contributed by atoms with Gasteiger partial charge in [-0.3, -0.25) is 9.59 Å². The molecule has 1 saturated heterocycles. The van der Waals surface area contributed by atoms with Gasteiger partial charge < -0.3 is 10.0 Å². The van der Waals surface area contributed by atoms with E-state index in [1.165, 1.54) is 17.0 Å². The predicted molar refractivity (Wildman–Crippen MR) is 157 cm³/mol. The molecule has 2 aromatic rings. The average Bonchev–Trinajstić information content (AvgIpc) is 3.40. The molecule has 2 atom stereocenters. The van der Waals surface area contributed by atoms with Crippen molar-refractivity contribution >= 4 is 21.7 Å². The summed E-state index contributed by atoms with van der Waals surface area (Å²) in [5, 5.41) is 9.37. The van der Waals surface area contributed by atoms with Crippen molar-refractivity contribution in [3.05, 3.63) is 64.7 Å². The van der Waals surface area contributed by atoms with Crippen LogP contribution in [-0.2, 0) is 41.7 Å². The molecule has 1 N–H and O–H groups in total. The number of carbonyl (C=O) groups excluding carboxylic acids is 1. The van der Waals surface area contributed by atoms with Crippen LogP contribution in [0.4, 0.5) is 30.7 Å². The second kappa shape index (κ2) is 11.5. The largest absolute Gasteiger partial charge is 0.481 e. The minimum absolute atomic E-state index is 0.0557. The van der Waals surface area contributed by atoms with Gasteiger partial charge in [-0.05, 0) is 79.2 Å². The molecule has 47 heavy (non-hydrogen) atoms. The second-order valence-electron chi connectivity index (χ2n) is 13.9. The number of aryl methyl sites for hydroxylation is 1. The Morgan fingerprint density at radius 2 is 1.43 bits per heavy atom. The Morgan fingerprint density at radius 3 is 1.98 bits per heavy atom. The molecule has 2 fully saturated rings. The number of rotatable bonds is 5. The van der Waals surface area contributed by atoms with Crippen molar-refractivity contribution in [2.45, 2.75) is 105 Å². The Balaban J connectivity index is 1.65. The van der Waals surface area contributed by atoms with Crippen molar-refractivity contribution in [2.24, 2.45) is 11.8 Å². The van der Waals surface area contributed by atoms with Gasteiger partial charge in [0.15, 0.2) is 9.84 Å². The summed E-state index contributed by atoms with van der Waals surface area (Å²) in [6, 6.07) is 6.79. The number of halogens is 7. The number of likely N-dealkylation sites (tertiary alicyclic amines) is 1. The predicted octanol–water partition coefficient (Wildman–Crippen LogP) is 7.38. The van der Waals surface area contributed by atoms with Gasteiger partial charge in [-0.1, -0.05) is 51.1 Å². The third-order valence-electron chi connectivity index (χ3n) is 10.3. The molecule has 0 spiro atoms. The molecule has 1 amide bonds. The first-order valence-electron chi connectivity index (χ1n) is 15.4. The highest BCUT2D eigenvalue weighted by molar-refractivity contribution is 7.92. The van der Waals surface area contributed by atoms with E-state index in [1.54, 1.807) is 12.1 Å². The summed E-state index contributed by atoms with van der Waals surface area (Å²) < 4.78 is 125. The molecule has 1 heterocycles. The topological polar surface area (TPSA) is 91.8 Å². The molecule has 14 heteroatoms. The molecule has 0 bridgehead atoms. The van der Waals surface area contributed by atoms with Crippen LogP contribution in [0.1, 0.15) is 81.5 Å². The Morgan fingerprint density at radius 1 is 0.830 bits per heavy atom. The average molecular weight is 692 g/mol. The van der Waals surface area contributed by atoms with Crippen molar-refractivity contribution in [2.75, 3.05) is 6.54 Å². The number of hydrogen-bond acceptors (Lipinski definition) is 4. The number of amides is 1. The molecule has 6 nitrogen and oxygen atoms in total. The zero-order chi connectivity index (χ0) is 35.0. The van der Waals surface area contributed by atoms with Crippen LogP contribution in [-0.4, -0.2) is 55.2 Å². The fourth-order valence-electron chi connectivity index (χ4n) is 7.66. The Hall–Kier alpha value is -3.16. The molecular weight excluding hydrogens is 655 g/mol. The maximum absolute atomic E-state index is 15.1. The fraction of sp³-hybridized carbons (Fsp3) is 0.576. The standard InChI is InChI=1S/C33H36F7NO5S/c1-29(2,3)22-5-4-6-24(18-22)47(45,46)30-15-16-41(27(42)19-7-9-20(10-8-19)28(43)44)26(30)14-11-21-17-23(12-13-25(21)30)31(34,32(35,36)37)33(38,39)40/h4-6,12-13,17-20,26H,7-11,14-16H2,1-3H3,(H,43,44)/t19-,20-,26?,30?. The number of benzene rings is 2. The molecule has 2 aromatic carbocycles. The molecule has 3 aliphatic rings. The summed E-state index contributed by atoms with van der Waals surface area (Å²) in [6.07, 6.45) is -12.1. The van der Waals surface area contributed by atoms with Crippen molar-refractivity contribution in [3.63, 3.8) is 0 Å². The number of alkyl halides is 7. The number of carboxylic acid groups (broad SMARTS) is 1. The second-order valence-corrected chi connectivity index (χ2v) is 16.1. The quantitative estimate of drug-likeness (QED) is 0.331. The molecule has 0 radical (unpaired) electrons. The molecule has 1 saturated carbocycles. The van der Waals surface area contributed by atoms with Crippen LogP contribution in [0.25, 0.3) is 0 Å². The first-order chi connectivity index (χ1) is 21.6. The van der Waals surface area contributed by atoms with Gasteiger partial charge in [0.05, 0.1) is 16.9 Å². The van der Waals surface area contributed by atoms with E-state index in [0.29, 0.717) is 17.7 Å². The van der Waals surface area contributed by atoms with Gasteiger partial charge in [0.1, 0.15) is 4.75 Å². The van der Waals surface area contributed by atoms with Gasteiger partial charge in [0, 0.05) is 18.0 Å². The lowest BCUT2D eigenvalue weighted by Gasteiger charge is -2.44. The summed E-state index contributed by atoms with van der Waals surface area (Å²) in [5.41, 5.74) is -7.43. The van der Waals surface area contributed by atoms with Gasteiger partial charge in [0.2, 0.25) is 5.91 Å². The lowest BCUT2D eigenvalue weighted by atomic mass is 9.76. The lowest BCUT2D eigenvalue weighted by Crippen LogP contribution is -2.54. The number of sulfone groups is 1. The SMILES string of the molecule is CC(C)(C)c1cccc(S(=O)(=O)C23CCN(C(=O)[C@H]4CC[C@H](C(=O)O)CC4)C2CCc2cc(C(F)(C(F)(F)F)C(F)(F)F)ccc23)c1. The molecule has 2 aliphatic carbocycles. The van der Waals surface area contributed by atoms with Crippen LogP contribution < -0.4 is 0 Å². The summed E-state index contributed by atoms with van der Waals surface area (Å²) in [4.78, 5) is 26.7. The zero-order valence-corrected chi connectivity index (χ0v) is 26.8. The molecule has 5 rings (SSSR count). The lowest BCUT2D eigenvalue weighted by molar-refractivity contribution is -0.348. The number of nitrogens with zero attached hydrogens (tertiary/aromatic N) is 1. The zero-order valence-electron chi connectivity index (χ0n) is 26.0. The monoisotopic (exact) mass is 691 g/mol. The third kappa shape index (κ3) is 5.51. The molecule has 258 valence electrons. The molecule has 0 aromatic heterocycles. The van der Waals surface area contributed by atoms with E-state index in [0.717, 1.165) is 6.07 Å². The maximum Gasteiger partial charge on any atom is 0.435 e.